The standard InChI is InChI=1S/C12H16N2O4/c1-18-6-2-3-11(15)14-10-5-4-8(12(16)17)7-9(10)13/h4-5,7H,2-3,6,13H2,1H3,(H,14,15)(H,16,17). The first kappa shape index (κ1) is 14.0. The number of aromatic carboxylic acids is 1. The average Bonchev–Trinajstić information content (AvgIpc) is 2.32. The summed E-state index contributed by atoms with van der Waals surface area (Å²) in [4.78, 5) is 22.2. The van der Waals surface area contributed by atoms with Crippen LogP contribution in [0, 0.1) is 0 Å². The molecule has 1 aromatic rings. The van der Waals surface area contributed by atoms with Crippen molar-refractivity contribution in [2.24, 2.45) is 0 Å². The molecule has 1 amide bonds. The molecule has 0 aromatic heterocycles. The minimum Gasteiger partial charge on any atom is -0.478 e. The maximum absolute atomic E-state index is 11.5. The van der Waals surface area contributed by atoms with Gasteiger partial charge in [0.05, 0.1) is 16.9 Å². The average molecular weight is 252 g/mol. The van der Waals surface area contributed by atoms with E-state index in [-0.39, 0.29) is 17.2 Å². The summed E-state index contributed by atoms with van der Waals surface area (Å²) in [5.74, 6) is -1.23. The molecule has 6 nitrogen and oxygen atoms in total. The molecule has 0 saturated heterocycles. The van der Waals surface area contributed by atoms with Gasteiger partial charge in [-0.1, -0.05) is 0 Å². The zero-order valence-corrected chi connectivity index (χ0v) is 10.1. The molecule has 0 aliphatic rings. The van der Waals surface area contributed by atoms with Crippen LogP contribution in [0.1, 0.15) is 23.2 Å². The minimum absolute atomic E-state index is 0.0879. The number of nitrogen functional groups attached to an aromatic ring is 1. The highest BCUT2D eigenvalue weighted by Crippen LogP contribution is 2.20. The van der Waals surface area contributed by atoms with Gasteiger partial charge in [-0.05, 0) is 24.6 Å². The SMILES string of the molecule is COCCCC(=O)Nc1ccc(C(=O)O)cc1N. The molecule has 0 bridgehead atoms. The van der Waals surface area contributed by atoms with Crippen molar-refractivity contribution in [3.05, 3.63) is 23.8 Å². The molecule has 0 radical (unpaired) electrons. The second-order valence-electron chi connectivity index (χ2n) is 3.75. The lowest BCUT2D eigenvalue weighted by molar-refractivity contribution is -0.116. The van der Waals surface area contributed by atoms with E-state index in [1.165, 1.54) is 18.2 Å². The van der Waals surface area contributed by atoms with Crippen molar-refractivity contribution in [3.8, 4) is 0 Å². The molecule has 0 atom stereocenters. The van der Waals surface area contributed by atoms with Gasteiger partial charge in [-0.15, -0.1) is 0 Å². The topological polar surface area (TPSA) is 102 Å². The maximum atomic E-state index is 11.5. The first-order chi connectivity index (χ1) is 8.54. The van der Waals surface area contributed by atoms with Crippen LogP contribution in [0.4, 0.5) is 11.4 Å². The zero-order chi connectivity index (χ0) is 13.5. The molecule has 4 N–H and O–H groups in total. The summed E-state index contributed by atoms with van der Waals surface area (Å²) in [5.41, 5.74) is 6.40. The number of amides is 1. The van der Waals surface area contributed by atoms with Gasteiger partial charge in [-0.25, -0.2) is 4.79 Å². The van der Waals surface area contributed by atoms with Crippen molar-refractivity contribution in [2.45, 2.75) is 12.8 Å². The van der Waals surface area contributed by atoms with E-state index in [1.807, 2.05) is 0 Å². The second-order valence-corrected chi connectivity index (χ2v) is 3.75. The summed E-state index contributed by atoms with van der Waals surface area (Å²) >= 11 is 0. The van der Waals surface area contributed by atoms with Crippen LogP contribution in [-0.2, 0) is 9.53 Å². The number of carboxylic acid groups (broad SMARTS) is 1. The summed E-state index contributed by atoms with van der Waals surface area (Å²) in [6.45, 7) is 0.515. The normalized spacial score (nSPS) is 10.1. The van der Waals surface area contributed by atoms with Gasteiger partial charge in [0.1, 0.15) is 0 Å². The lowest BCUT2D eigenvalue weighted by Crippen LogP contribution is -2.13. The number of methoxy groups -OCH3 is 1. The molecular weight excluding hydrogens is 236 g/mol. The predicted molar refractivity (Wildman–Crippen MR) is 67.6 cm³/mol. The fourth-order valence-electron chi connectivity index (χ4n) is 1.40. The molecule has 1 rings (SSSR count). The molecule has 0 saturated carbocycles. The van der Waals surface area contributed by atoms with E-state index in [4.69, 9.17) is 15.6 Å². The first-order valence-corrected chi connectivity index (χ1v) is 5.46. The lowest BCUT2D eigenvalue weighted by atomic mass is 10.1. The van der Waals surface area contributed by atoms with Gasteiger partial charge < -0.3 is 20.9 Å². The number of hydrogen-bond donors (Lipinski definition) is 3. The van der Waals surface area contributed by atoms with Gasteiger partial charge in [-0.2, -0.15) is 0 Å². The van der Waals surface area contributed by atoms with E-state index in [0.29, 0.717) is 25.1 Å². The summed E-state index contributed by atoms with van der Waals surface area (Å²) < 4.78 is 4.84. The Morgan fingerprint density at radius 3 is 2.72 bits per heavy atom. The van der Waals surface area contributed by atoms with E-state index in [0.717, 1.165) is 0 Å². The number of carboxylic acids is 1. The molecule has 0 heterocycles. The third kappa shape index (κ3) is 4.06. The third-order valence-corrected chi connectivity index (χ3v) is 2.32. The van der Waals surface area contributed by atoms with Crippen LogP contribution >= 0.6 is 0 Å². The summed E-state index contributed by atoms with van der Waals surface area (Å²) in [7, 11) is 1.57. The Balaban J connectivity index is 2.62. The molecule has 1 aromatic carbocycles. The Bertz CT molecular complexity index is 446. The van der Waals surface area contributed by atoms with Gasteiger partial charge >= 0.3 is 5.97 Å². The van der Waals surface area contributed by atoms with Crippen molar-refractivity contribution in [1.29, 1.82) is 0 Å². The monoisotopic (exact) mass is 252 g/mol. The number of carbonyl (C=O) groups excluding carboxylic acids is 1. The van der Waals surface area contributed by atoms with Gasteiger partial charge in [0.2, 0.25) is 5.91 Å². The van der Waals surface area contributed by atoms with Crippen LogP contribution in [0.25, 0.3) is 0 Å². The minimum atomic E-state index is -1.06. The Morgan fingerprint density at radius 1 is 1.44 bits per heavy atom. The van der Waals surface area contributed by atoms with Crippen molar-refractivity contribution >= 4 is 23.3 Å². The number of rotatable bonds is 6. The van der Waals surface area contributed by atoms with Gasteiger partial charge in [0.15, 0.2) is 0 Å². The lowest BCUT2D eigenvalue weighted by Gasteiger charge is -2.08. The van der Waals surface area contributed by atoms with Gasteiger partial charge in [0.25, 0.3) is 0 Å². The van der Waals surface area contributed by atoms with Crippen molar-refractivity contribution in [3.63, 3.8) is 0 Å². The second kappa shape index (κ2) is 6.61. The first-order valence-electron chi connectivity index (χ1n) is 5.46. The largest absolute Gasteiger partial charge is 0.478 e. The van der Waals surface area contributed by atoms with Crippen LogP contribution in [0.15, 0.2) is 18.2 Å². The smallest absolute Gasteiger partial charge is 0.335 e. The number of nitrogens with two attached hydrogens (primary N) is 1. The van der Waals surface area contributed by atoms with E-state index >= 15 is 0 Å². The molecule has 0 aliphatic heterocycles. The molecule has 0 fully saturated rings. The van der Waals surface area contributed by atoms with Crippen LogP contribution in [0.3, 0.4) is 0 Å². The number of carbonyl (C=O) groups is 2. The highest BCUT2D eigenvalue weighted by atomic mass is 16.5. The fourth-order valence-corrected chi connectivity index (χ4v) is 1.40. The maximum Gasteiger partial charge on any atom is 0.335 e. The van der Waals surface area contributed by atoms with Crippen molar-refractivity contribution < 1.29 is 19.4 Å². The highest BCUT2D eigenvalue weighted by molar-refractivity contribution is 5.96. The van der Waals surface area contributed by atoms with Crippen LogP contribution < -0.4 is 11.1 Å². The van der Waals surface area contributed by atoms with E-state index in [9.17, 15) is 9.59 Å². The Hall–Kier alpha value is -2.08. The fraction of sp³-hybridized carbons (Fsp3) is 0.333. The van der Waals surface area contributed by atoms with Crippen molar-refractivity contribution in [2.75, 3.05) is 24.8 Å². The molecule has 0 unspecified atom stereocenters. The van der Waals surface area contributed by atoms with Crippen LogP contribution in [-0.4, -0.2) is 30.7 Å². The quantitative estimate of drug-likeness (QED) is 0.523. The van der Waals surface area contributed by atoms with Crippen LogP contribution in [0.5, 0.6) is 0 Å². The third-order valence-electron chi connectivity index (χ3n) is 2.32. The number of anilines is 2. The van der Waals surface area contributed by atoms with Gasteiger partial charge in [0, 0.05) is 20.1 Å². The summed E-state index contributed by atoms with van der Waals surface area (Å²) in [6.07, 6.45) is 0.948. The Morgan fingerprint density at radius 2 is 2.17 bits per heavy atom. The number of ether oxygens (including phenoxy) is 1. The zero-order valence-electron chi connectivity index (χ0n) is 10.1. The molecular formula is C12H16N2O4. The van der Waals surface area contributed by atoms with Crippen molar-refractivity contribution in [1.82, 2.24) is 0 Å². The summed E-state index contributed by atoms with van der Waals surface area (Å²) in [5, 5.41) is 11.4. The molecule has 0 spiro atoms. The van der Waals surface area contributed by atoms with E-state index in [2.05, 4.69) is 5.32 Å². The molecule has 98 valence electrons. The Kier molecular flexibility index (Phi) is 5.13. The number of benzene rings is 1. The molecule has 6 heteroatoms. The number of nitrogens with one attached hydrogen (secondary N) is 1. The predicted octanol–water partition coefficient (Wildman–Crippen LogP) is 1.33. The summed E-state index contributed by atoms with van der Waals surface area (Å²) in [6, 6.07) is 4.18. The Labute approximate surface area is 105 Å². The van der Waals surface area contributed by atoms with Gasteiger partial charge in [-0.3, -0.25) is 4.79 Å². The van der Waals surface area contributed by atoms with E-state index < -0.39 is 5.97 Å². The van der Waals surface area contributed by atoms with Crippen LogP contribution in [0.2, 0.25) is 0 Å². The molecule has 18 heavy (non-hydrogen) atoms. The highest BCUT2D eigenvalue weighted by Gasteiger charge is 2.08. The number of hydrogen-bond acceptors (Lipinski definition) is 4. The van der Waals surface area contributed by atoms with E-state index in [1.54, 1.807) is 7.11 Å². The molecule has 0 aliphatic carbocycles.